The summed E-state index contributed by atoms with van der Waals surface area (Å²) < 4.78 is 11.1. The van der Waals surface area contributed by atoms with Crippen molar-refractivity contribution in [1.82, 2.24) is 10.1 Å². The molecule has 0 saturated carbocycles. The number of aromatic nitrogens is 2. The molecule has 2 heterocycles. The van der Waals surface area contributed by atoms with Crippen LogP contribution >= 0.6 is 27.3 Å². The van der Waals surface area contributed by atoms with Crippen molar-refractivity contribution >= 4 is 39.3 Å². The molecule has 3 aromatic rings. The lowest BCUT2D eigenvalue weighted by atomic mass is 10.2. The number of esters is 1. The smallest absolute Gasteiger partial charge is 0.331 e. The third kappa shape index (κ3) is 4.37. The molecule has 3 rings (SSSR count). The van der Waals surface area contributed by atoms with E-state index in [9.17, 15) is 4.79 Å². The van der Waals surface area contributed by atoms with Crippen molar-refractivity contribution in [2.75, 3.05) is 0 Å². The minimum atomic E-state index is -0.469. The Morgan fingerprint density at radius 2 is 2.13 bits per heavy atom. The number of ether oxygens (including phenoxy) is 1. The fraction of sp³-hybridized carbons (Fsp3) is 0.0625. The average Bonchev–Trinajstić information content (AvgIpc) is 3.23. The van der Waals surface area contributed by atoms with E-state index in [1.807, 2.05) is 41.8 Å². The minimum absolute atomic E-state index is 0.0537. The maximum atomic E-state index is 11.7. The molecule has 0 amide bonds. The van der Waals surface area contributed by atoms with E-state index in [4.69, 9.17) is 9.26 Å². The fourth-order valence-corrected chi connectivity index (χ4v) is 2.65. The van der Waals surface area contributed by atoms with Gasteiger partial charge in [0.05, 0.1) is 4.88 Å². The van der Waals surface area contributed by atoms with Crippen LogP contribution < -0.4 is 0 Å². The molecule has 0 N–H and O–H groups in total. The first-order chi connectivity index (χ1) is 11.2. The van der Waals surface area contributed by atoms with Crippen LogP contribution in [-0.4, -0.2) is 16.1 Å². The average molecular weight is 391 g/mol. The standard InChI is InChI=1S/C16H11BrN2O3S/c17-12-6-3-11(4-7-12)5-8-15(20)21-10-14-18-16(19-22-14)13-2-1-9-23-13/h1-9H,10H2. The van der Waals surface area contributed by atoms with Crippen LogP contribution in [0.15, 0.2) is 56.9 Å². The highest BCUT2D eigenvalue weighted by Crippen LogP contribution is 2.21. The number of nitrogens with zero attached hydrogens (tertiary/aromatic N) is 2. The molecule has 0 fully saturated rings. The summed E-state index contributed by atoms with van der Waals surface area (Å²) in [6.07, 6.45) is 3.04. The lowest BCUT2D eigenvalue weighted by molar-refractivity contribution is -0.139. The van der Waals surface area contributed by atoms with Crippen LogP contribution in [0, 0.1) is 0 Å². The Balaban J connectivity index is 1.54. The summed E-state index contributed by atoms with van der Waals surface area (Å²) in [7, 11) is 0. The molecule has 0 unspecified atom stereocenters. The van der Waals surface area contributed by atoms with Crippen molar-refractivity contribution in [2.45, 2.75) is 6.61 Å². The lowest BCUT2D eigenvalue weighted by Crippen LogP contribution is -2.00. The SMILES string of the molecule is O=C(C=Cc1ccc(Br)cc1)OCc1nc(-c2cccs2)no1. The number of thiophene rings is 1. The van der Waals surface area contributed by atoms with Crippen LogP contribution in [0.1, 0.15) is 11.5 Å². The van der Waals surface area contributed by atoms with Gasteiger partial charge in [0, 0.05) is 10.5 Å². The summed E-state index contributed by atoms with van der Waals surface area (Å²) in [5, 5.41) is 5.78. The highest BCUT2D eigenvalue weighted by Gasteiger charge is 2.10. The Kier molecular flexibility index (Phi) is 4.99. The molecule has 2 aromatic heterocycles. The number of carbonyl (C=O) groups is 1. The van der Waals surface area contributed by atoms with Gasteiger partial charge < -0.3 is 9.26 Å². The number of halogens is 1. The second-order valence-corrected chi connectivity index (χ2v) is 6.34. The van der Waals surface area contributed by atoms with E-state index >= 15 is 0 Å². The van der Waals surface area contributed by atoms with Crippen molar-refractivity contribution in [1.29, 1.82) is 0 Å². The number of rotatable bonds is 5. The Morgan fingerprint density at radius 3 is 2.87 bits per heavy atom. The van der Waals surface area contributed by atoms with E-state index in [1.165, 1.54) is 17.4 Å². The van der Waals surface area contributed by atoms with Crippen LogP contribution in [0.5, 0.6) is 0 Å². The maximum absolute atomic E-state index is 11.7. The molecule has 0 aliphatic heterocycles. The molecule has 0 atom stereocenters. The van der Waals surface area contributed by atoms with Crippen molar-refractivity contribution in [2.24, 2.45) is 0 Å². The largest absolute Gasteiger partial charge is 0.452 e. The molecule has 0 bridgehead atoms. The number of carbonyl (C=O) groups excluding carboxylic acids is 1. The Hall–Kier alpha value is -2.25. The molecule has 0 radical (unpaired) electrons. The summed E-state index contributed by atoms with van der Waals surface area (Å²) in [5.41, 5.74) is 0.905. The van der Waals surface area contributed by atoms with Crippen molar-refractivity contribution in [3.63, 3.8) is 0 Å². The summed E-state index contributed by atoms with van der Waals surface area (Å²) in [6, 6.07) is 11.4. The van der Waals surface area contributed by atoms with Crippen molar-refractivity contribution in [3.05, 3.63) is 63.8 Å². The topological polar surface area (TPSA) is 65.2 Å². The molecule has 23 heavy (non-hydrogen) atoms. The third-order valence-electron chi connectivity index (χ3n) is 2.83. The number of hydrogen-bond acceptors (Lipinski definition) is 6. The van der Waals surface area contributed by atoms with Gasteiger partial charge in [-0.3, -0.25) is 0 Å². The third-order valence-corrected chi connectivity index (χ3v) is 4.22. The monoisotopic (exact) mass is 390 g/mol. The molecule has 0 saturated heterocycles. The van der Waals surface area contributed by atoms with Gasteiger partial charge in [0.2, 0.25) is 5.82 Å². The van der Waals surface area contributed by atoms with Crippen LogP contribution in [0.2, 0.25) is 0 Å². The minimum Gasteiger partial charge on any atom is -0.452 e. The van der Waals surface area contributed by atoms with Gasteiger partial charge >= 0.3 is 5.97 Å². The van der Waals surface area contributed by atoms with Gasteiger partial charge in [0.1, 0.15) is 0 Å². The lowest BCUT2D eigenvalue weighted by Gasteiger charge is -1.97. The first-order valence-corrected chi connectivity index (χ1v) is 8.35. The zero-order chi connectivity index (χ0) is 16.1. The summed E-state index contributed by atoms with van der Waals surface area (Å²) in [4.78, 5) is 16.8. The van der Waals surface area contributed by atoms with Gasteiger partial charge in [-0.05, 0) is 35.2 Å². The zero-order valence-corrected chi connectivity index (χ0v) is 14.2. The Morgan fingerprint density at radius 1 is 1.30 bits per heavy atom. The Bertz CT molecular complexity index is 810. The molecule has 0 aliphatic rings. The van der Waals surface area contributed by atoms with E-state index in [0.717, 1.165) is 14.9 Å². The van der Waals surface area contributed by atoms with E-state index in [1.54, 1.807) is 6.08 Å². The summed E-state index contributed by atoms with van der Waals surface area (Å²) in [6.45, 7) is -0.0537. The van der Waals surface area contributed by atoms with Crippen LogP contribution in [0.4, 0.5) is 0 Å². The molecule has 5 nitrogen and oxygen atoms in total. The Labute approximate surface area is 144 Å². The van der Waals surface area contributed by atoms with Gasteiger partial charge in [-0.25, -0.2) is 4.79 Å². The highest BCUT2D eigenvalue weighted by atomic mass is 79.9. The quantitative estimate of drug-likeness (QED) is 0.479. The second-order valence-electron chi connectivity index (χ2n) is 4.48. The molecule has 0 spiro atoms. The van der Waals surface area contributed by atoms with Gasteiger partial charge in [-0.15, -0.1) is 11.3 Å². The van der Waals surface area contributed by atoms with Crippen molar-refractivity contribution < 1.29 is 14.1 Å². The van der Waals surface area contributed by atoms with E-state index in [0.29, 0.717) is 5.82 Å². The molecular weight excluding hydrogens is 380 g/mol. The van der Waals surface area contributed by atoms with Gasteiger partial charge in [-0.2, -0.15) is 4.98 Å². The second kappa shape index (κ2) is 7.34. The first-order valence-electron chi connectivity index (χ1n) is 6.67. The predicted molar refractivity (Wildman–Crippen MR) is 90.6 cm³/mol. The van der Waals surface area contributed by atoms with Gasteiger partial charge in [-0.1, -0.05) is 39.3 Å². The van der Waals surface area contributed by atoms with Gasteiger partial charge in [0.25, 0.3) is 5.89 Å². The van der Waals surface area contributed by atoms with Crippen LogP contribution in [0.25, 0.3) is 16.8 Å². The van der Waals surface area contributed by atoms with E-state index in [-0.39, 0.29) is 12.5 Å². The van der Waals surface area contributed by atoms with Gasteiger partial charge in [0.15, 0.2) is 6.61 Å². The molecule has 116 valence electrons. The first kappa shape index (κ1) is 15.6. The van der Waals surface area contributed by atoms with Crippen LogP contribution in [-0.2, 0) is 16.1 Å². The molecule has 1 aromatic carbocycles. The number of benzene rings is 1. The molecular formula is C16H11BrN2O3S. The molecule has 0 aliphatic carbocycles. The van der Waals surface area contributed by atoms with E-state index in [2.05, 4.69) is 26.1 Å². The van der Waals surface area contributed by atoms with Crippen LogP contribution in [0.3, 0.4) is 0 Å². The predicted octanol–water partition coefficient (Wildman–Crippen LogP) is 4.32. The maximum Gasteiger partial charge on any atom is 0.331 e. The highest BCUT2D eigenvalue weighted by molar-refractivity contribution is 9.10. The number of hydrogen-bond donors (Lipinski definition) is 0. The summed E-state index contributed by atoms with van der Waals surface area (Å²) >= 11 is 4.87. The van der Waals surface area contributed by atoms with E-state index < -0.39 is 5.97 Å². The zero-order valence-electron chi connectivity index (χ0n) is 11.8. The summed E-state index contributed by atoms with van der Waals surface area (Å²) in [5.74, 6) is 0.291. The van der Waals surface area contributed by atoms with Crippen molar-refractivity contribution in [3.8, 4) is 10.7 Å². The normalized spacial score (nSPS) is 11.0. The molecule has 7 heteroatoms. The fourth-order valence-electron chi connectivity index (χ4n) is 1.74.